The SMILES string of the molecule is Fc1ccc(OCc2nnc(SCCCC3=CCCC=C3)o2)cc1. The summed E-state index contributed by atoms with van der Waals surface area (Å²) in [6.07, 6.45) is 11.2. The average Bonchev–Trinajstić information content (AvgIpc) is 3.07. The van der Waals surface area contributed by atoms with Gasteiger partial charge >= 0.3 is 0 Å². The molecule has 2 aromatic rings. The van der Waals surface area contributed by atoms with E-state index in [0.717, 1.165) is 31.4 Å². The van der Waals surface area contributed by atoms with Crippen LogP contribution in [-0.4, -0.2) is 16.0 Å². The second-order valence-electron chi connectivity index (χ2n) is 5.42. The Morgan fingerprint density at radius 2 is 2.04 bits per heavy atom. The van der Waals surface area contributed by atoms with Gasteiger partial charge in [-0.15, -0.1) is 10.2 Å². The van der Waals surface area contributed by atoms with Crippen LogP contribution in [0, 0.1) is 5.82 Å². The van der Waals surface area contributed by atoms with Crippen molar-refractivity contribution in [3.8, 4) is 5.75 Å². The number of ether oxygens (including phenoxy) is 1. The lowest BCUT2D eigenvalue weighted by Gasteiger charge is -2.05. The fourth-order valence-corrected chi connectivity index (χ4v) is 3.04. The highest BCUT2D eigenvalue weighted by atomic mass is 32.2. The molecular weight excluding hydrogens is 327 g/mol. The fraction of sp³-hybridized carbons (Fsp3) is 0.333. The molecule has 0 saturated carbocycles. The van der Waals surface area contributed by atoms with Gasteiger partial charge in [-0.05, 0) is 49.9 Å². The van der Waals surface area contributed by atoms with Crippen LogP contribution < -0.4 is 4.74 Å². The quantitative estimate of drug-likeness (QED) is 0.501. The molecule has 4 nitrogen and oxygen atoms in total. The van der Waals surface area contributed by atoms with Gasteiger partial charge < -0.3 is 9.15 Å². The number of thioether (sulfide) groups is 1. The predicted molar refractivity (Wildman–Crippen MR) is 91.4 cm³/mol. The summed E-state index contributed by atoms with van der Waals surface area (Å²) < 4.78 is 23.8. The molecule has 126 valence electrons. The minimum absolute atomic E-state index is 0.177. The van der Waals surface area contributed by atoms with Gasteiger partial charge in [0.1, 0.15) is 11.6 Å². The van der Waals surface area contributed by atoms with Gasteiger partial charge in [-0.25, -0.2) is 4.39 Å². The van der Waals surface area contributed by atoms with Crippen LogP contribution in [0.1, 0.15) is 31.6 Å². The van der Waals surface area contributed by atoms with Crippen LogP contribution in [0.3, 0.4) is 0 Å². The highest BCUT2D eigenvalue weighted by Crippen LogP contribution is 2.21. The summed E-state index contributed by atoms with van der Waals surface area (Å²) in [5, 5.41) is 8.52. The minimum atomic E-state index is -0.293. The molecule has 1 aliphatic rings. The van der Waals surface area contributed by atoms with Crippen LogP contribution in [-0.2, 0) is 6.61 Å². The number of nitrogens with zero attached hydrogens (tertiary/aromatic N) is 2. The summed E-state index contributed by atoms with van der Waals surface area (Å²) in [7, 11) is 0. The number of hydrogen-bond donors (Lipinski definition) is 0. The molecule has 1 heterocycles. The molecule has 1 aromatic carbocycles. The van der Waals surface area contributed by atoms with E-state index in [9.17, 15) is 4.39 Å². The van der Waals surface area contributed by atoms with Crippen LogP contribution in [0.25, 0.3) is 0 Å². The van der Waals surface area contributed by atoms with Crippen LogP contribution in [0.5, 0.6) is 5.75 Å². The predicted octanol–water partition coefficient (Wildman–Crippen LogP) is 4.94. The average molecular weight is 346 g/mol. The molecule has 0 unspecified atom stereocenters. The number of allylic oxidation sites excluding steroid dienone is 4. The standard InChI is InChI=1S/C18H19FN2O2S/c19-15-8-10-16(11-9-15)22-13-17-20-21-18(23-17)24-12-4-7-14-5-2-1-3-6-14/h2,5-6,8-11H,1,3-4,7,12-13H2. The van der Waals surface area contributed by atoms with Crippen molar-refractivity contribution in [3.63, 3.8) is 0 Å². The van der Waals surface area contributed by atoms with Gasteiger partial charge in [0.2, 0.25) is 0 Å². The first-order valence-electron chi connectivity index (χ1n) is 7.99. The fourth-order valence-electron chi connectivity index (χ4n) is 2.32. The maximum Gasteiger partial charge on any atom is 0.276 e. The third-order valence-electron chi connectivity index (χ3n) is 3.53. The molecule has 1 aliphatic carbocycles. The van der Waals surface area contributed by atoms with Gasteiger partial charge in [0, 0.05) is 5.75 Å². The topological polar surface area (TPSA) is 48.2 Å². The molecule has 0 N–H and O–H groups in total. The van der Waals surface area contributed by atoms with E-state index >= 15 is 0 Å². The van der Waals surface area contributed by atoms with E-state index in [4.69, 9.17) is 9.15 Å². The van der Waals surface area contributed by atoms with E-state index in [1.54, 1.807) is 23.9 Å². The van der Waals surface area contributed by atoms with Crippen molar-refractivity contribution in [2.24, 2.45) is 0 Å². The van der Waals surface area contributed by atoms with Crippen molar-refractivity contribution >= 4 is 11.8 Å². The largest absolute Gasteiger partial charge is 0.484 e. The van der Waals surface area contributed by atoms with Crippen molar-refractivity contribution in [2.75, 3.05) is 5.75 Å². The summed E-state index contributed by atoms with van der Waals surface area (Å²) in [5.41, 5.74) is 1.42. The van der Waals surface area contributed by atoms with Gasteiger partial charge in [-0.3, -0.25) is 0 Å². The molecule has 24 heavy (non-hydrogen) atoms. The van der Waals surface area contributed by atoms with E-state index in [-0.39, 0.29) is 12.4 Å². The first-order chi connectivity index (χ1) is 11.8. The molecule has 0 radical (unpaired) electrons. The summed E-state index contributed by atoms with van der Waals surface area (Å²) in [4.78, 5) is 0. The van der Waals surface area contributed by atoms with Gasteiger partial charge in [0.05, 0.1) is 0 Å². The maximum absolute atomic E-state index is 12.8. The number of rotatable bonds is 8. The zero-order chi connectivity index (χ0) is 16.6. The zero-order valence-electron chi connectivity index (χ0n) is 13.3. The number of aromatic nitrogens is 2. The Bertz CT molecular complexity index is 710. The van der Waals surface area contributed by atoms with E-state index < -0.39 is 0 Å². The van der Waals surface area contributed by atoms with E-state index in [0.29, 0.717) is 16.9 Å². The molecule has 0 fully saturated rings. The van der Waals surface area contributed by atoms with Crippen molar-refractivity contribution < 1.29 is 13.5 Å². The third-order valence-corrected chi connectivity index (χ3v) is 4.44. The molecule has 1 aromatic heterocycles. The Morgan fingerprint density at radius 1 is 1.17 bits per heavy atom. The molecule has 6 heteroatoms. The van der Waals surface area contributed by atoms with E-state index in [1.807, 2.05) is 0 Å². The Kier molecular flexibility index (Phi) is 6.07. The molecule has 0 spiro atoms. The monoisotopic (exact) mass is 346 g/mol. The molecule has 0 amide bonds. The van der Waals surface area contributed by atoms with Crippen LogP contribution >= 0.6 is 11.8 Å². The Balaban J connectivity index is 1.38. The minimum Gasteiger partial charge on any atom is -0.484 e. The zero-order valence-corrected chi connectivity index (χ0v) is 14.1. The lowest BCUT2D eigenvalue weighted by molar-refractivity contribution is 0.252. The molecular formula is C18H19FN2O2S. The second kappa shape index (κ2) is 8.68. The number of hydrogen-bond acceptors (Lipinski definition) is 5. The molecule has 3 rings (SSSR count). The highest BCUT2D eigenvalue weighted by Gasteiger charge is 2.08. The normalized spacial score (nSPS) is 13.8. The van der Waals surface area contributed by atoms with Crippen molar-refractivity contribution in [1.82, 2.24) is 10.2 Å². The summed E-state index contributed by atoms with van der Waals surface area (Å²) in [6, 6.07) is 5.83. The van der Waals surface area contributed by atoms with Crippen molar-refractivity contribution in [3.05, 3.63) is 59.8 Å². The Labute approximate surface area is 144 Å². The lowest BCUT2D eigenvalue weighted by atomic mass is 10.0. The molecule has 0 aliphatic heterocycles. The van der Waals surface area contributed by atoms with Gasteiger partial charge in [0.15, 0.2) is 6.61 Å². The summed E-state index contributed by atoms with van der Waals surface area (Å²) in [5.74, 6) is 1.63. The van der Waals surface area contributed by atoms with Crippen LogP contribution in [0.4, 0.5) is 4.39 Å². The second-order valence-corrected chi connectivity index (χ2v) is 6.46. The smallest absolute Gasteiger partial charge is 0.276 e. The van der Waals surface area contributed by atoms with Crippen LogP contribution in [0.15, 0.2) is 57.7 Å². The van der Waals surface area contributed by atoms with Crippen molar-refractivity contribution in [2.45, 2.75) is 37.5 Å². The number of halogens is 1. The van der Waals surface area contributed by atoms with E-state index in [2.05, 4.69) is 28.4 Å². The van der Waals surface area contributed by atoms with E-state index in [1.165, 1.54) is 17.7 Å². The Morgan fingerprint density at radius 3 is 2.83 bits per heavy atom. The van der Waals surface area contributed by atoms with Crippen molar-refractivity contribution in [1.29, 1.82) is 0 Å². The van der Waals surface area contributed by atoms with Gasteiger partial charge in [-0.2, -0.15) is 0 Å². The molecule has 0 atom stereocenters. The van der Waals surface area contributed by atoms with Gasteiger partial charge in [-0.1, -0.05) is 35.6 Å². The Hall–Kier alpha value is -2.08. The summed E-state index contributed by atoms with van der Waals surface area (Å²) >= 11 is 1.56. The van der Waals surface area contributed by atoms with Crippen LogP contribution in [0.2, 0.25) is 0 Å². The molecule has 0 saturated heterocycles. The third kappa shape index (κ3) is 5.23. The highest BCUT2D eigenvalue weighted by molar-refractivity contribution is 7.99. The first kappa shape index (κ1) is 16.8. The first-order valence-corrected chi connectivity index (χ1v) is 8.97. The maximum atomic E-state index is 12.8. The lowest BCUT2D eigenvalue weighted by Crippen LogP contribution is -1.95. The molecule has 0 bridgehead atoms. The summed E-state index contributed by atoms with van der Waals surface area (Å²) in [6.45, 7) is 0.177. The number of benzene rings is 1. The van der Waals surface area contributed by atoms with Gasteiger partial charge in [0.25, 0.3) is 11.1 Å².